The van der Waals surface area contributed by atoms with Crippen molar-refractivity contribution in [2.75, 3.05) is 6.54 Å². The van der Waals surface area contributed by atoms with E-state index in [4.69, 9.17) is 5.73 Å². The summed E-state index contributed by atoms with van der Waals surface area (Å²) in [4.78, 5) is 11.5. The Kier molecular flexibility index (Phi) is 5.43. The molecule has 0 radical (unpaired) electrons. The summed E-state index contributed by atoms with van der Waals surface area (Å²) in [7, 11) is 0. The maximum absolute atomic E-state index is 11.5. The Hall–Kier alpha value is -1.61. The monoisotopic (exact) mass is 232 g/mol. The summed E-state index contributed by atoms with van der Waals surface area (Å²) < 4.78 is 0. The summed E-state index contributed by atoms with van der Waals surface area (Å²) in [5.74, 6) is -0.113. The molecule has 1 aromatic carbocycles. The molecule has 1 aromatic rings. The molecule has 0 aliphatic rings. The van der Waals surface area contributed by atoms with Crippen LogP contribution in [-0.2, 0) is 11.2 Å². The third-order valence-corrected chi connectivity index (χ3v) is 2.55. The van der Waals surface area contributed by atoms with E-state index in [0.29, 0.717) is 13.0 Å². The molecule has 0 saturated carbocycles. The van der Waals surface area contributed by atoms with E-state index in [-0.39, 0.29) is 5.91 Å². The van der Waals surface area contributed by atoms with Crippen LogP contribution < -0.4 is 11.1 Å². The molecule has 0 aliphatic carbocycles. The molecule has 0 saturated heterocycles. The normalized spacial score (nSPS) is 11.9. The van der Waals surface area contributed by atoms with Crippen molar-refractivity contribution < 1.29 is 4.79 Å². The van der Waals surface area contributed by atoms with Gasteiger partial charge in [0.1, 0.15) is 0 Å². The Balaban J connectivity index is 2.32. The highest BCUT2D eigenvalue weighted by Crippen LogP contribution is 2.03. The summed E-state index contributed by atoms with van der Waals surface area (Å²) in [5.41, 5.74) is 8.11. The zero-order valence-corrected chi connectivity index (χ0v) is 10.3. The second-order valence-corrected chi connectivity index (χ2v) is 4.16. The van der Waals surface area contributed by atoms with Crippen LogP contribution in [0.3, 0.4) is 0 Å². The number of hydrogen-bond acceptors (Lipinski definition) is 2. The minimum Gasteiger partial charge on any atom is -0.354 e. The van der Waals surface area contributed by atoms with Crippen molar-refractivity contribution in [1.29, 1.82) is 0 Å². The molecule has 0 aromatic heterocycles. The van der Waals surface area contributed by atoms with Gasteiger partial charge < -0.3 is 11.1 Å². The number of amides is 1. The van der Waals surface area contributed by atoms with Crippen LogP contribution in [0.15, 0.2) is 36.9 Å². The molecule has 0 spiro atoms. The zero-order chi connectivity index (χ0) is 12.7. The van der Waals surface area contributed by atoms with Crippen LogP contribution in [0.5, 0.6) is 0 Å². The topological polar surface area (TPSA) is 55.1 Å². The van der Waals surface area contributed by atoms with Gasteiger partial charge in [-0.05, 0) is 25.3 Å². The number of nitrogens with one attached hydrogen (secondary N) is 1. The smallest absolute Gasteiger partial charge is 0.237 e. The second-order valence-electron chi connectivity index (χ2n) is 4.16. The van der Waals surface area contributed by atoms with E-state index in [9.17, 15) is 4.79 Å². The quantitative estimate of drug-likeness (QED) is 0.731. The van der Waals surface area contributed by atoms with E-state index in [1.54, 1.807) is 6.08 Å². The molecule has 0 bridgehead atoms. The predicted molar refractivity (Wildman–Crippen MR) is 70.7 cm³/mol. The summed E-state index contributed by atoms with van der Waals surface area (Å²) in [6.45, 7) is 6.24. The molecule has 92 valence electrons. The minimum absolute atomic E-state index is 0.113. The zero-order valence-electron chi connectivity index (χ0n) is 10.3. The summed E-state index contributed by atoms with van der Waals surface area (Å²) in [6, 6.07) is 7.78. The Morgan fingerprint density at radius 2 is 2.35 bits per heavy atom. The van der Waals surface area contributed by atoms with Crippen LogP contribution in [0, 0.1) is 6.92 Å². The van der Waals surface area contributed by atoms with Gasteiger partial charge in [0, 0.05) is 6.54 Å². The van der Waals surface area contributed by atoms with Gasteiger partial charge >= 0.3 is 0 Å². The van der Waals surface area contributed by atoms with Gasteiger partial charge in [-0.1, -0.05) is 35.9 Å². The number of hydrogen-bond donors (Lipinski definition) is 2. The van der Waals surface area contributed by atoms with Crippen molar-refractivity contribution in [2.24, 2.45) is 5.73 Å². The lowest BCUT2D eigenvalue weighted by molar-refractivity contribution is -0.122. The number of carbonyl (C=O) groups is 1. The number of nitrogens with two attached hydrogens (primary N) is 1. The lowest BCUT2D eigenvalue weighted by Crippen LogP contribution is -2.40. The Bertz CT molecular complexity index is 388. The van der Waals surface area contributed by atoms with Gasteiger partial charge in [0.2, 0.25) is 5.91 Å². The Morgan fingerprint density at radius 3 is 3.00 bits per heavy atom. The van der Waals surface area contributed by atoms with Gasteiger partial charge in [-0.25, -0.2) is 0 Å². The Morgan fingerprint density at radius 1 is 1.59 bits per heavy atom. The van der Waals surface area contributed by atoms with Crippen molar-refractivity contribution >= 4 is 5.91 Å². The Labute approximate surface area is 103 Å². The van der Waals surface area contributed by atoms with Crippen molar-refractivity contribution in [1.82, 2.24) is 5.32 Å². The summed E-state index contributed by atoms with van der Waals surface area (Å²) in [6.07, 6.45) is 3.00. The molecule has 3 nitrogen and oxygen atoms in total. The van der Waals surface area contributed by atoms with E-state index >= 15 is 0 Å². The highest BCUT2D eigenvalue weighted by molar-refractivity contribution is 5.81. The third-order valence-electron chi connectivity index (χ3n) is 2.55. The van der Waals surface area contributed by atoms with Crippen LogP contribution in [0.2, 0.25) is 0 Å². The second kappa shape index (κ2) is 6.86. The van der Waals surface area contributed by atoms with Crippen LogP contribution in [0.1, 0.15) is 17.5 Å². The van der Waals surface area contributed by atoms with E-state index in [1.165, 1.54) is 11.1 Å². The molecular weight excluding hydrogens is 212 g/mol. The van der Waals surface area contributed by atoms with Crippen LogP contribution >= 0.6 is 0 Å². The highest BCUT2D eigenvalue weighted by atomic mass is 16.2. The lowest BCUT2D eigenvalue weighted by Gasteiger charge is -2.10. The van der Waals surface area contributed by atoms with Crippen LogP contribution in [0.4, 0.5) is 0 Å². The first-order valence-electron chi connectivity index (χ1n) is 5.83. The molecule has 1 amide bonds. The maximum Gasteiger partial charge on any atom is 0.237 e. The fourth-order valence-electron chi connectivity index (χ4n) is 1.62. The first-order valence-corrected chi connectivity index (χ1v) is 5.83. The van der Waals surface area contributed by atoms with Crippen molar-refractivity contribution in [3.63, 3.8) is 0 Å². The highest BCUT2D eigenvalue weighted by Gasteiger charge is 2.10. The molecule has 1 rings (SSSR count). The summed E-state index contributed by atoms with van der Waals surface area (Å²) >= 11 is 0. The van der Waals surface area contributed by atoms with E-state index in [1.807, 2.05) is 6.07 Å². The van der Waals surface area contributed by atoms with E-state index in [2.05, 4.69) is 37.0 Å². The van der Waals surface area contributed by atoms with E-state index in [0.717, 1.165) is 6.42 Å². The molecule has 17 heavy (non-hydrogen) atoms. The molecule has 3 N–H and O–H groups in total. The fraction of sp³-hybridized carbons (Fsp3) is 0.357. The van der Waals surface area contributed by atoms with E-state index < -0.39 is 6.04 Å². The van der Waals surface area contributed by atoms with Gasteiger partial charge in [-0.2, -0.15) is 0 Å². The van der Waals surface area contributed by atoms with Gasteiger partial charge in [-0.3, -0.25) is 4.79 Å². The first kappa shape index (κ1) is 13.5. The lowest BCUT2D eigenvalue weighted by atomic mass is 10.1. The largest absolute Gasteiger partial charge is 0.354 e. The van der Waals surface area contributed by atoms with Crippen molar-refractivity contribution in [2.45, 2.75) is 25.8 Å². The fourth-order valence-corrected chi connectivity index (χ4v) is 1.62. The average Bonchev–Trinajstić information content (AvgIpc) is 2.29. The van der Waals surface area contributed by atoms with Gasteiger partial charge in [0.05, 0.1) is 6.04 Å². The number of benzene rings is 1. The number of carbonyl (C=O) groups excluding carboxylic acids is 1. The SMILES string of the molecule is C=CCC(N)C(=O)NCCc1cccc(C)c1. The first-order chi connectivity index (χ1) is 8.13. The molecule has 1 atom stereocenters. The molecule has 1 unspecified atom stereocenters. The van der Waals surface area contributed by atoms with Crippen molar-refractivity contribution in [3.8, 4) is 0 Å². The van der Waals surface area contributed by atoms with Gasteiger partial charge in [0.25, 0.3) is 0 Å². The third kappa shape index (κ3) is 4.83. The standard InChI is InChI=1S/C14H20N2O/c1-3-5-13(15)14(17)16-9-8-12-7-4-6-11(2)10-12/h3-4,6-7,10,13H,1,5,8-9,15H2,2H3,(H,16,17). The predicted octanol–water partition coefficient (Wildman–Crippen LogP) is 1.56. The maximum atomic E-state index is 11.5. The van der Waals surface area contributed by atoms with Gasteiger partial charge in [0.15, 0.2) is 0 Å². The number of rotatable bonds is 6. The number of aryl methyl sites for hydroxylation is 1. The average molecular weight is 232 g/mol. The molecule has 3 heteroatoms. The molecule has 0 fully saturated rings. The molecule has 0 aliphatic heterocycles. The van der Waals surface area contributed by atoms with Crippen LogP contribution in [-0.4, -0.2) is 18.5 Å². The molecule has 0 heterocycles. The van der Waals surface area contributed by atoms with Crippen LogP contribution in [0.25, 0.3) is 0 Å². The molecular formula is C14H20N2O. The minimum atomic E-state index is -0.481. The summed E-state index contributed by atoms with van der Waals surface area (Å²) in [5, 5.41) is 2.82. The van der Waals surface area contributed by atoms with Crippen molar-refractivity contribution in [3.05, 3.63) is 48.0 Å². The van der Waals surface area contributed by atoms with Gasteiger partial charge in [-0.15, -0.1) is 6.58 Å².